The van der Waals surface area contributed by atoms with Crippen molar-refractivity contribution in [1.29, 1.82) is 0 Å². The number of rotatable bonds is 2. The molecule has 120 valence electrons. The molecule has 0 saturated heterocycles. The van der Waals surface area contributed by atoms with Gasteiger partial charge in [0.15, 0.2) is 0 Å². The van der Waals surface area contributed by atoms with Crippen LogP contribution in [-0.4, -0.2) is 4.57 Å². The lowest BCUT2D eigenvalue weighted by Gasteiger charge is -2.09. The van der Waals surface area contributed by atoms with Crippen molar-refractivity contribution in [2.24, 2.45) is 0 Å². The average molecular weight is 360 g/mol. The molecule has 0 aliphatic rings. The van der Waals surface area contributed by atoms with Gasteiger partial charge in [0.1, 0.15) is 0 Å². The Kier molecular flexibility index (Phi) is 3.40. The number of halogens is 1. The second-order valence-corrected chi connectivity index (χ2v) is 7.74. The Labute approximate surface area is 154 Å². The zero-order chi connectivity index (χ0) is 16.8. The van der Waals surface area contributed by atoms with Crippen LogP contribution in [0.2, 0.25) is 4.34 Å². The van der Waals surface area contributed by atoms with Crippen molar-refractivity contribution in [2.75, 3.05) is 0 Å². The Balaban J connectivity index is 1.81. The molecule has 3 heteroatoms. The van der Waals surface area contributed by atoms with E-state index in [2.05, 4.69) is 83.4 Å². The van der Waals surface area contributed by atoms with Crippen molar-refractivity contribution in [2.45, 2.75) is 0 Å². The van der Waals surface area contributed by atoms with Gasteiger partial charge in [0.25, 0.3) is 0 Å². The van der Waals surface area contributed by atoms with Crippen molar-refractivity contribution < 1.29 is 0 Å². The number of aromatic nitrogens is 1. The molecule has 0 bridgehead atoms. The minimum absolute atomic E-state index is 0.817. The number of hydrogen-bond acceptors (Lipinski definition) is 1. The molecule has 2 aromatic heterocycles. The molecule has 25 heavy (non-hydrogen) atoms. The normalized spacial score (nSPS) is 11.4. The average Bonchev–Trinajstić information content (AvgIpc) is 3.23. The van der Waals surface area contributed by atoms with E-state index in [1.165, 1.54) is 37.9 Å². The van der Waals surface area contributed by atoms with Crippen LogP contribution < -0.4 is 0 Å². The van der Waals surface area contributed by atoms with E-state index >= 15 is 0 Å². The molecule has 0 aliphatic carbocycles. The topological polar surface area (TPSA) is 4.93 Å². The SMILES string of the molecule is Clc1ccc(-c2cccc(-n3c4ccccc4c4ccccc43)c2)s1. The fourth-order valence-corrected chi connectivity index (χ4v) is 4.51. The fourth-order valence-electron chi connectivity index (χ4n) is 3.47. The van der Waals surface area contributed by atoms with Crippen LogP contribution in [-0.2, 0) is 0 Å². The third-order valence-corrected chi connectivity index (χ3v) is 5.82. The highest BCUT2D eigenvalue weighted by atomic mass is 35.5. The molecule has 0 atom stereocenters. The van der Waals surface area contributed by atoms with Gasteiger partial charge in [-0.2, -0.15) is 0 Å². The Morgan fingerprint density at radius 2 is 1.36 bits per heavy atom. The fraction of sp³-hybridized carbons (Fsp3) is 0. The molecule has 0 N–H and O–H groups in total. The molecule has 5 aromatic rings. The minimum atomic E-state index is 0.817. The predicted octanol–water partition coefficient (Wildman–Crippen LogP) is 7.17. The van der Waals surface area contributed by atoms with Gasteiger partial charge >= 0.3 is 0 Å². The third-order valence-electron chi connectivity index (χ3n) is 4.54. The highest BCUT2D eigenvalue weighted by molar-refractivity contribution is 7.19. The van der Waals surface area contributed by atoms with Crippen LogP contribution >= 0.6 is 22.9 Å². The maximum atomic E-state index is 6.12. The Morgan fingerprint density at radius 1 is 0.680 bits per heavy atom. The Hall–Kier alpha value is -2.55. The third kappa shape index (κ3) is 2.38. The summed E-state index contributed by atoms with van der Waals surface area (Å²) in [5, 5.41) is 2.56. The van der Waals surface area contributed by atoms with Gasteiger partial charge in [-0.05, 0) is 42.0 Å². The number of fused-ring (bicyclic) bond motifs is 3. The van der Waals surface area contributed by atoms with Crippen molar-refractivity contribution in [1.82, 2.24) is 4.57 Å². The van der Waals surface area contributed by atoms with Crippen molar-refractivity contribution in [3.63, 3.8) is 0 Å². The lowest BCUT2D eigenvalue weighted by molar-refractivity contribution is 1.18. The molecule has 0 saturated carbocycles. The summed E-state index contributed by atoms with van der Waals surface area (Å²) in [5.41, 5.74) is 4.81. The van der Waals surface area contributed by atoms with E-state index in [0.29, 0.717) is 0 Å². The summed E-state index contributed by atoms with van der Waals surface area (Å²) in [6.07, 6.45) is 0. The highest BCUT2D eigenvalue weighted by Crippen LogP contribution is 2.35. The summed E-state index contributed by atoms with van der Waals surface area (Å²) >= 11 is 7.73. The van der Waals surface area contributed by atoms with Crippen molar-refractivity contribution in [3.05, 3.63) is 89.3 Å². The summed E-state index contributed by atoms with van der Waals surface area (Å²) in [6.45, 7) is 0. The van der Waals surface area contributed by atoms with Gasteiger partial charge in [0.05, 0.1) is 15.4 Å². The van der Waals surface area contributed by atoms with Gasteiger partial charge in [-0.15, -0.1) is 11.3 Å². The van der Waals surface area contributed by atoms with Crippen LogP contribution in [0, 0.1) is 0 Å². The van der Waals surface area contributed by atoms with Crippen molar-refractivity contribution >= 4 is 44.7 Å². The lowest BCUT2D eigenvalue weighted by atomic mass is 10.1. The molecule has 0 spiro atoms. The van der Waals surface area contributed by atoms with E-state index in [1.54, 1.807) is 11.3 Å². The van der Waals surface area contributed by atoms with E-state index in [4.69, 9.17) is 11.6 Å². The summed E-state index contributed by atoms with van der Waals surface area (Å²) in [7, 11) is 0. The molecule has 0 radical (unpaired) electrons. The number of thiophene rings is 1. The maximum absolute atomic E-state index is 6.12. The zero-order valence-corrected chi connectivity index (χ0v) is 14.9. The summed E-state index contributed by atoms with van der Waals surface area (Å²) < 4.78 is 3.15. The number of hydrogen-bond donors (Lipinski definition) is 0. The quantitative estimate of drug-likeness (QED) is 0.315. The maximum Gasteiger partial charge on any atom is 0.0934 e. The van der Waals surface area contributed by atoms with Gasteiger partial charge in [0.2, 0.25) is 0 Å². The lowest BCUT2D eigenvalue weighted by Crippen LogP contribution is -1.93. The second kappa shape index (κ2) is 5.76. The number of benzene rings is 3. The van der Waals surface area contributed by atoms with Crippen LogP contribution in [0.15, 0.2) is 84.9 Å². The monoisotopic (exact) mass is 359 g/mol. The molecule has 0 amide bonds. The molecule has 0 fully saturated rings. The molecule has 0 unspecified atom stereocenters. The van der Waals surface area contributed by atoms with E-state index in [0.717, 1.165) is 4.34 Å². The first-order valence-corrected chi connectivity index (χ1v) is 9.35. The molecular formula is C22H14ClNS. The van der Waals surface area contributed by atoms with Crippen LogP contribution in [0.25, 0.3) is 37.9 Å². The van der Waals surface area contributed by atoms with E-state index < -0.39 is 0 Å². The summed E-state index contributed by atoms with van der Waals surface area (Å²) in [4.78, 5) is 1.19. The zero-order valence-electron chi connectivity index (χ0n) is 13.3. The first kappa shape index (κ1) is 14.8. The minimum Gasteiger partial charge on any atom is -0.309 e. The molecule has 0 aliphatic heterocycles. The Morgan fingerprint density at radius 3 is 2.00 bits per heavy atom. The van der Waals surface area contributed by atoms with Gasteiger partial charge in [-0.1, -0.05) is 60.1 Å². The summed E-state index contributed by atoms with van der Waals surface area (Å²) in [5.74, 6) is 0. The van der Waals surface area contributed by atoms with Crippen LogP contribution in [0.3, 0.4) is 0 Å². The van der Waals surface area contributed by atoms with E-state index in [-0.39, 0.29) is 0 Å². The van der Waals surface area contributed by atoms with Gasteiger partial charge in [-0.3, -0.25) is 0 Å². The molecule has 5 rings (SSSR count). The van der Waals surface area contributed by atoms with Crippen LogP contribution in [0.4, 0.5) is 0 Å². The first-order valence-electron chi connectivity index (χ1n) is 8.15. The molecule has 1 nitrogen and oxygen atoms in total. The standard InChI is InChI=1S/C22H14ClNS/c23-22-13-12-21(25-22)15-6-5-7-16(14-15)24-19-10-3-1-8-17(19)18-9-2-4-11-20(18)24/h1-14H. The molecule has 2 heterocycles. The Bertz CT molecular complexity index is 1160. The predicted molar refractivity (Wildman–Crippen MR) is 109 cm³/mol. The molecular weight excluding hydrogens is 346 g/mol. The largest absolute Gasteiger partial charge is 0.309 e. The van der Waals surface area contributed by atoms with E-state index in [1.807, 2.05) is 6.07 Å². The number of nitrogens with zero attached hydrogens (tertiary/aromatic N) is 1. The molecule has 3 aromatic carbocycles. The van der Waals surface area contributed by atoms with Crippen LogP contribution in [0.5, 0.6) is 0 Å². The summed E-state index contributed by atoms with van der Waals surface area (Å²) in [6, 6.07) is 29.8. The second-order valence-electron chi connectivity index (χ2n) is 6.02. The highest BCUT2D eigenvalue weighted by Gasteiger charge is 2.12. The van der Waals surface area contributed by atoms with Gasteiger partial charge < -0.3 is 4.57 Å². The number of para-hydroxylation sites is 2. The van der Waals surface area contributed by atoms with E-state index in [9.17, 15) is 0 Å². The smallest absolute Gasteiger partial charge is 0.0934 e. The van der Waals surface area contributed by atoms with Gasteiger partial charge in [-0.25, -0.2) is 0 Å². The van der Waals surface area contributed by atoms with Crippen molar-refractivity contribution in [3.8, 4) is 16.1 Å². The van der Waals surface area contributed by atoms with Gasteiger partial charge in [0, 0.05) is 21.3 Å². The first-order chi connectivity index (χ1) is 12.3. The van der Waals surface area contributed by atoms with Crippen LogP contribution in [0.1, 0.15) is 0 Å².